The van der Waals surface area contributed by atoms with Gasteiger partial charge in [-0.05, 0) is 23.6 Å². The minimum atomic E-state index is -4.50. The molecule has 0 spiro atoms. The van der Waals surface area contributed by atoms with Gasteiger partial charge in [-0.2, -0.15) is 26.3 Å². The number of carbonyl (C=O) groups excluding carboxylic acids is 1. The summed E-state index contributed by atoms with van der Waals surface area (Å²) in [5.74, 6) is -0.621. The third-order valence-corrected chi connectivity index (χ3v) is 3.62. The fourth-order valence-corrected chi connectivity index (χ4v) is 2.34. The lowest BCUT2D eigenvalue weighted by molar-refractivity contribution is -0.148. The highest BCUT2D eigenvalue weighted by molar-refractivity contribution is 5.78. The van der Waals surface area contributed by atoms with E-state index >= 15 is 0 Å². The van der Waals surface area contributed by atoms with Crippen LogP contribution in [0.5, 0.6) is 0 Å². The maximum atomic E-state index is 12.7. The number of pyridine rings is 1. The van der Waals surface area contributed by atoms with Gasteiger partial charge in [0.05, 0.1) is 12.0 Å². The summed E-state index contributed by atoms with van der Waals surface area (Å²) in [7, 11) is 0. The minimum Gasteiger partial charge on any atom is -0.339 e. The number of halogens is 6. The number of alkyl halides is 6. The van der Waals surface area contributed by atoms with Crippen LogP contribution in [0.15, 0.2) is 24.5 Å². The van der Waals surface area contributed by atoms with Crippen molar-refractivity contribution in [3.05, 3.63) is 35.7 Å². The molecule has 0 radical (unpaired) electrons. The van der Waals surface area contributed by atoms with Crippen LogP contribution in [-0.2, 0) is 11.0 Å². The molecule has 0 saturated carbocycles. The summed E-state index contributed by atoms with van der Waals surface area (Å²) in [5, 5.41) is 0. The third-order valence-electron chi connectivity index (χ3n) is 3.62. The van der Waals surface area contributed by atoms with Crippen LogP contribution in [0.4, 0.5) is 26.3 Å². The second kappa shape index (κ2) is 6.82. The number of aromatic nitrogens is 1. The molecule has 1 aliphatic rings. The van der Waals surface area contributed by atoms with Crippen molar-refractivity contribution in [3.63, 3.8) is 0 Å². The molecule has 1 aromatic heterocycles. The Labute approximate surface area is 134 Å². The summed E-state index contributed by atoms with van der Waals surface area (Å²) in [5.41, 5.74) is 0.0188. The predicted molar refractivity (Wildman–Crippen MR) is 73.7 cm³/mol. The van der Waals surface area contributed by atoms with Crippen LogP contribution in [0.3, 0.4) is 0 Å². The minimum absolute atomic E-state index is 0.0717. The summed E-state index contributed by atoms with van der Waals surface area (Å²) in [6.45, 7) is 0.237. The van der Waals surface area contributed by atoms with Gasteiger partial charge in [0.1, 0.15) is 0 Å². The van der Waals surface area contributed by atoms with Crippen molar-refractivity contribution in [1.82, 2.24) is 9.88 Å². The first-order valence-corrected chi connectivity index (χ1v) is 7.12. The average molecular weight is 352 g/mol. The predicted octanol–water partition coefficient (Wildman–Crippen LogP) is 4.06. The molecule has 1 aliphatic heterocycles. The van der Waals surface area contributed by atoms with Crippen molar-refractivity contribution in [2.24, 2.45) is 0 Å². The third kappa shape index (κ3) is 4.97. The van der Waals surface area contributed by atoms with Crippen molar-refractivity contribution in [2.75, 3.05) is 13.1 Å². The zero-order valence-corrected chi connectivity index (χ0v) is 12.4. The number of rotatable bonds is 3. The summed E-state index contributed by atoms with van der Waals surface area (Å²) in [6, 6.07) is 0.972. The quantitative estimate of drug-likeness (QED) is 0.769. The molecule has 0 atom stereocenters. The molecule has 0 unspecified atom stereocenters. The van der Waals surface area contributed by atoms with Crippen molar-refractivity contribution < 1.29 is 31.1 Å². The standard InChI is InChI=1S/C15H14F6N2O/c16-14(17,18)4-1-13(24)23-5-2-10(3-6-23)11-7-12(9-22-8-11)15(19,20)21/h2,7-9H,1,3-6H2. The van der Waals surface area contributed by atoms with Gasteiger partial charge in [-0.25, -0.2) is 0 Å². The van der Waals surface area contributed by atoms with Gasteiger partial charge in [0, 0.05) is 31.9 Å². The van der Waals surface area contributed by atoms with Gasteiger partial charge in [-0.15, -0.1) is 0 Å². The SMILES string of the molecule is O=C(CCC(F)(F)F)N1CC=C(c2cncc(C(F)(F)F)c2)CC1. The molecule has 2 heterocycles. The highest BCUT2D eigenvalue weighted by Gasteiger charge is 2.32. The first kappa shape index (κ1) is 18.3. The van der Waals surface area contributed by atoms with Gasteiger partial charge in [0.2, 0.25) is 5.91 Å². The molecule has 0 bridgehead atoms. The van der Waals surface area contributed by atoms with Gasteiger partial charge < -0.3 is 4.90 Å². The molecule has 0 fully saturated rings. The molecule has 9 heteroatoms. The molecule has 0 aromatic carbocycles. The lowest BCUT2D eigenvalue weighted by Crippen LogP contribution is -2.35. The van der Waals surface area contributed by atoms with Crippen molar-refractivity contribution >= 4 is 11.5 Å². The molecule has 0 saturated heterocycles. The summed E-state index contributed by atoms with van der Waals surface area (Å²) >= 11 is 0. The molecule has 24 heavy (non-hydrogen) atoms. The number of nitrogens with zero attached hydrogens (tertiary/aromatic N) is 2. The number of hydrogen-bond donors (Lipinski definition) is 0. The summed E-state index contributed by atoms with van der Waals surface area (Å²) in [4.78, 5) is 16.5. The van der Waals surface area contributed by atoms with E-state index < -0.39 is 36.7 Å². The molecule has 0 N–H and O–H groups in total. The second-order valence-corrected chi connectivity index (χ2v) is 5.39. The summed E-state index contributed by atoms with van der Waals surface area (Å²) in [6.07, 6.45) is -6.88. The Hall–Kier alpha value is -2.06. The topological polar surface area (TPSA) is 33.2 Å². The lowest BCUT2D eigenvalue weighted by Gasteiger charge is -2.27. The first-order valence-electron chi connectivity index (χ1n) is 7.12. The lowest BCUT2D eigenvalue weighted by atomic mass is 9.99. The van der Waals surface area contributed by atoms with Crippen LogP contribution >= 0.6 is 0 Å². The van der Waals surface area contributed by atoms with Crippen LogP contribution in [-0.4, -0.2) is 35.1 Å². The maximum Gasteiger partial charge on any atom is 0.417 e. The van der Waals surface area contributed by atoms with E-state index in [1.54, 1.807) is 6.08 Å². The van der Waals surface area contributed by atoms with Gasteiger partial charge in [-0.3, -0.25) is 9.78 Å². The van der Waals surface area contributed by atoms with E-state index in [-0.39, 0.29) is 19.5 Å². The molecule has 1 amide bonds. The maximum absolute atomic E-state index is 12.7. The molecular formula is C15H14F6N2O. The fraction of sp³-hybridized carbons (Fsp3) is 0.467. The van der Waals surface area contributed by atoms with Crippen LogP contribution < -0.4 is 0 Å². The molecule has 0 aliphatic carbocycles. The summed E-state index contributed by atoms with van der Waals surface area (Å²) < 4.78 is 74.4. The Morgan fingerprint density at radius 2 is 1.88 bits per heavy atom. The van der Waals surface area contributed by atoms with Crippen LogP contribution in [0.2, 0.25) is 0 Å². The Kier molecular flexibility index (Phi) is 5.19. The van der Waals surface area contributed by atoms with Gasteiger partial charge in [0.15, 0.2) is 0 Å². The van der Waals surface area contributed by atoms with Crippen LogP contribution in [0, 0.1) is 0 Å². The molecular weight excluding hydrogens is 338 g/mol. The Balaban J connectivity index is 2.02. The van der Waals surface area contributed by atoms with Crippen LogP contribution in [0.25, 0.3) is 5.57 Å². The number of carbonyl (C=O) groups is 1. The Morgan fingerprint density at radius 1 is 1.17 bits per heavy atom. The smallest absolute Gasteiger partial charge is 0.339 e. The molecule has 3 nitrogen and oxygen atoms in total. The highest BCUT2D eigenvalue weighted by atomic mass is 19.4. The Morgan fingerprint density at radius 3 is 2.42 bits per heavy atom. The molecule has 1 aromatic rings. The van der Waals surface area contributed by atoms with E-state index in [1.807, 2.05) is 0 Å². The Bertz CT molecular complexity index is 636. The van der Waals surface area contributed by atoms with Gasteiger partial charge >= 0.3 is 12.4 Å². The van der Waals surface area contributed by atoms with E-state index in [4.69, 9.17) is 0 Å². The van der Waals surface area contributed by atoms with Gasteiger partial charge in [-0.1, -0.05) is 6.08 Å². The highest BCUT2D eigenvalue weighted by Crippen LogP contribution is 2.31. The van der Waals surface area contributed by atoms with Crippen LogP contribution in [0.1, 0.15) is 30.4 Å². The first-order chi connectivity index (χ1) is 11.1. The van der Waals surface area contributed by atoms with E-state index in [0.717, 1.165) is 12.3 Å². The monoisotopic (exact) mass is 352 g/mol. The zero-order valence-electron chi connectivity index (χ0n) is 12.4. The van der Waals surface area contributed by atoms with E-state index in [0.29, 0.717) is 11.1 Å². The molecule has 132 valence electrons. The van der Waals surface area contributed by atoms with Crippen molar-refractivity contribution in [3.8, 4) is 0 Å². The van der Waals surface area contributed by atoms with E-state index in [9.17, 15) is 31.1 Å². The fourth-order valence-electron chi connectivity index (χ4n) is 2.34. The van der Waals surface area contributed by atoms with Gasteiger partial charge in [0.25, 0.3) is 0 Å². The molecule has 2 rings (SSSR count). The zero-order chi connectivity index (χ0) is 18.0. The van der Waals surface area contributed by atoms with E-state index in [2.05, 4.69) is 4.98 Å². The van der Waals surface area contributed by atoms with Crippen molar-refractivity contribution in [1.29, 1.82) is 0 Å². The largest absolute Gasteiger partial charge is 0.417 e. The second-order valence-electron chi connectivity index (χ2n) is 5.39. The number of hydrogen-bond acceptors (Lipinski definition) is 2. The van der Waals surface area contributed by atoms with Crippen molar-refractivity contribution in [2.45, 2.75) is 31.6 Å². The average Bonchev–Trinajstić information content (AvgIpc) is 2.51. The normalized spacial score (nSPS) is 16.1. The number of amides is 1. The van der Waals surface area contributed by atoms with E-state index in [1.165, 1.54) is 11.1 Å².